The highest BCUT2D eigenvalue weighted by molar-refractivity contribution is 7.99. The number of rotatable bonds is 10. The van der Waals surface area contributed by atoms with E-state index in [0.717, 1.165) is 35.8 Å². The lowest BCUT2D eigenvalue weighted by atomic mass is 10.1. The number of ether oxygens (including phenoxy) is 1. The van der Waals surface area contributed by atoms with E-state index >= 15 is 0 Å². The highest BCUT2D eigenvalue weighted by Gasteiger charge is 2.00. The molecule has 0 atom stereocenters. The van der Waals surface area contributed by atoms with Gasteiger partial charge in [-0.1, -0.05) is 35.9 Å². The van der Waals surface area contributed by atoms with Gasteiger partial charge < -0.3 is 9.84 Å². The molecule has 1 N–H and O–H groups in total. The lowest BCUT2D eigenvalue weighted by Crippen LogP contribution is -2.09. The minimum Gasteiger partial charge on any atom is -0.482 e. The molecule has 0 radical (unpaired) electrons. The molecule has 0 aliphatic rings. The minimum absolute atomic E-state index is 0.302. The monoisotopic (exact) mass is 364 g/mol. The van der Waals surface area contributed by atoms with Crippen LogP contribution in [0.3, 0.4) is 0 Å². The molecule has 3 nitrogen and oxygen atoms in total. The Morgan fingerprint density at radius 1 is 0.958 bits per heavy atom. The number of hydrogen-bond acceptors (Lipinski definition) is 3. The van der Waals surface area contributed by atoms with E-state index < -0.39 is 5.97 Å². The van der Waals surface area contributed by atoms with Crippen LogP contribution in [0.5, 0.6) is 5.75 Å². The highest BCUT2D eigenvalue weighted by atomic mass is 35.5. The number of halogens is 1. The SMILES string of the molecule is O=C(O)COc1ccc(CCCSCCc2ccc(Cl)cc2)cc1. The second-order valence-corrected chi connectivity index (χ2v) is 7.08. The van der Waals surface area contributed by atoms with Crippen LogP contribution in [-0.4, -0.2) is 29.2 Å². The third kappa shape index (κ3) is 7.28. The van der Waals surface area contributed by atoms with E-state index in [4.69, 9.17) is 21.4 Å². The summed E-state index contributed by atoms with van der Waals surface area (Å²) in [6.45, 7) is -0.302. The van der Waals surface area contributed by atoms with Crippen molar-refractivity contribution in [2.45, 2.75) is 19.3 Å². The van der Waals surface area contributed by atoms with Crippen molar-refractivity contribution < 1.29 is 14.6 Å². The van der Waals surface area contributed by atoms with Crippen LogP contribution in [0.4, 0.5) is 0 Å². The second-order valence-electron chi connectivity index (χ2n) is 5.42. The average Bonchev–Trinajstić information content (AvgIpc) is 2.58. The smallest absolute Gasteiger partial charge is 0.341 e. The third-order valence-electron chi connectivity index (χ3n) is 3.49. The van der Waals surface area contributed by atoms with Crippen molar-refractivity contribution in [3.63, 3.8) is 0 Å². The van der Waals surface area contributed by atoms with Gasteiger partial charge in [0.15, 0.2) is 6.61 Å². The van der Waals surface area contributed by atoms with E-state index in [-0.39, 0.29) is 6.61 Å². The molecule has 0 aliphatic carbocycles. The Morgan fingerprint density at radius 3 is 2.25 bits per heavy atom. The topological polar surface area (TPSA) is 46.5 Å². The van der Waals surface area contributed by atoms with Crippen molar-refractivity contribution in [2.24, 2.45) is 0 Å². The van der Waals surface area contributed by atoms with Gasteiger partial charge in [-0.3, -0.25) is 0 Å². The van der Waals surface area contributed by atoms with Gasteiger partial charge in [0.2, 0.25) is 0 Å². The summed E-state index contributed by atoms with van der Waals surface area (Å²) in [7, 11) is 0. The van der Waals surface area contributed by atoms with Crippen LogP contribution >= 0.6 is 23.4 Å². The van der Waals surface area contributed by atoms with Crippen LogP contribution in [0.2, 0.25) is 5.02 Å². The van der Waals surface area contributed by atoms with Gasteiger partial charge >= 0.3 is 5.97 Å². The zero-order chi connectivity index (χ0) is 17.2. The van der Waals surface area contributed by atoms with Gasteiger partial charge in [-0.2, -0.15) is 11.8 Å². The van der Waals surface area contributed by atoms with Gasteiger partial charge in [-0.25, -0.2) is 4.79 Å². The fourth-order valence-corrected chi connectivity index (χ4v) is 3.28. The molecule has 0 fully saturated rings. The Hall–Kier alpha value is -1.65. The summed E-state index contributed by atoms with van der Waals surface area (Å²) in [6.07, 6.45) is 3.21. The molecule has 0 saturated carbocycles. The lowest BCUT2D eigenvalue weighted by molar-refractivity contribution is -0.139. The first-order chi connectivity index (χ1) is 11.6. The zero-order valence-corrected chi connectivity index (χ0v) is 15.0. The van der Waals surface area contributed by atoms with Gasteiger partial charge in [0.25, 0.3) is 0 Å². The second kappa shape index (κ2) is 10.3. The molecule has 2 aromatic carbocycles. The van der Waals surface area contributed by atoms with Crippen LogP contribution < -0.4 is 4.74 Å². The van der Waals surface area contributed by atoms with Crippen LogP contribution in [0.15, 0.2) is 48.5 Å². The summed E-state index contributed by atoms with van der Waals surface area (Å²) in [5.74, 6) is 1.88. The summed E-state index contributed by atoms with van der Waals surface area (Å²) in [5, 5.41) is 9.35. The largest absolute Gasteiger partial charge is 0.482 e. The van der Waals surface area contributed by atoms with Gasteiger partial charge in [0.1, 0.15) is 5.75 Å². The van der Waals surface area contributed by atoms with Gasteiger partial charge in [-0.15, -0.1) is 0 Å². The predicted molar refractivity (Wildman–Crippen MR) is 100 cm³/mol. The number of aryl methyl sites for hydroxylation is 2. The maximum absolute atomic E-state index is 10.4. The molecule has 2 rings (SSSR count). The number of carboxylic acids is 1. The van der Waals surface area contributed by atoms with Gasteiger partial charge in [0, 0.05) is 5.02 Å². The van der Waals surface area contributed by atoms with E-state index in [1.807, 2.05) is 48.2 Å². The van der Waals surface area contributed by atoms with Crippen molar-refractivity contribution >= 4 is 29.3 Å². The quantitative estimate of drug-likeness (QED) is 0.620. The molecule has 0 unspecified atom stereocenters. The molecular formula is C19H21ClO3S. The summed E-state index contributed by atoms with van der Waals surface area (Å²) >= 11 is 7.84. The zero-order valence-electron chi connectivity index (χ0n) is 13.4. The first-order valence-electron chi connectivity index (χ1n) is 7.89. The predicted octanol–water partition coefficient (Wildman–Crippen LogP) is 4.71. The van der Waals surface area contributed by atoms with E-state index in [1.165, 1.54) is 11.1 Å². The van der Waals surface area contributed by atoms with Crippen LogP contribution in [0.1, 0.15) is 17.5 Å². The Bertz CT molecular complexity index is 626. The number of aliphatic carboxylic acids is 1. The molecule has 0 aliphatic heterocycles. The van der Waals surface area contributed by atoms with Crippen molar-refractivity contribution in [3.05, 3.63) is 64.7 Å². The molecule has 0 saturated heterocycles. The highest BCUT2D eigenvalue weighted by Crippen LogP contribution is 2.16. The number of hydrogen-bond donors (Lipinski definition) is 1. The third-order valence-corrected chi connectivity index (χ3v) is 4.81. The van der Waals surface area contributed by atoms with E-state index in [2.05, 4.69) is 12.1 Å². The van der Waals surface area contributed by atoms with Crippen molar-refractivity contribution in [1.29, 1.82) is 0 Å². The van der Waals surface area contributed by atoms with Gasteiger partial charge in [0.05, 0.1) is 0 Å². The molecule has 5 heteroatoms. The van der Waals surface area contributed by atoms with Crippen LogP contribution in [0, 0.1) is 0 Å². The Morgan fingerprint density at radius 2 is 1.58 bits per heavy atom. The summed E-state index contributed by atoms with van der Waals surface area (Å²) < 4.78 is 5.12. The summed E-state index contributed by atoms with van der Waals surface area (Å²) in [5.41, 5.74) is 2.57. The van der Waals surface area contributed by atoms with E-state index in [0.29, 0.717) is 5.75 Å². The Balaban J connectivity index is 1.58. The Labute approximate surface area is 152 Å². The van der Waals surface area contributed by atoms with E-state index in [9.17, 15) is 4.79 Å². The molecule has 0 bridgehead atoms. The van der Waals surface area contributed by atoms with E-state index in [1.54, 1.807) is 0 Å². The molecule has 0 spiro atoms. The van der Waals surface area contributed by atoms with Crippen LogP contribution in [0.25, 0.3) is 0 Å². The molecule has 0 aromatic heterocycles. The summed E-state index contributed by atoms with van der Waals surface area (Å²) in [6, 6.07) is 15.7. The first kappa shape index (κ1) is 18.7. The fourth-order valence-electron chi connectivity index (χ4n) is 2.22. The maximum Gasteiger partial charge on any atom is 0.341 e. The van der Waals surface area contributed by atoms with Crippen molar-refractivity contribution in [3.8, 4) is 5.75 Å². The molecule has 0 amide bonds. The average molecular weight is 365 g/mol. The standard InChI is InChI=1S/C19H21ClO3S/c20-17-7-3-16(4-8-17)11-13-24-12-1-2-15-5-9-18(10-6-15)23-14-19(21)22/h3-10H,1-2,11-14H2,(H,21,22). The minimum atomic E-state index is -0.963. The first-order valence-corrected chi connectivity index (χ1v) is 9.42. The van der Waals surface area contributed by atoms with Crippen molar-refractivity contribution in [1.82, 2.24) is 0 Å². The lowest BCUT2D eigenvalue weighted by Gasteiger charge is -2.06. The number of benzene rings is 2. The van der Waals surface area contributed by atoms with Gasteiger partial charge in [-0.05, 0) is 66.2 Å². The Kier molecular flexibility index (Phi) is 7.99. The molecule has 128 valence electrons. The fraction of sp³-hybridized carbons (Fsp3) is 0.316. The number of carboxylic acid groups (broad SMARTS) is 1. The summed E-state index contributed by atoms with van der Waals surface area (Å²) in [4.78, 5) is 10.4. The normalized spacial score (nSPS) is 10.5. The number of thioether (sulfide) groups is 1. The van der Waals surface area contributed by atoms with Crippen molar-refractivity contribution in [2.75, 3.05) is 18.1 Å². The molecule has 2 aromatic rings. The van der Waals surface area contributed by atoms with Crippen LogP contribution in [-0.2, 0) is 17.6 Å². The maximum atomic E-state index is 10.4. The molecule has 0 heterocycles. The molecule has 24 heavy (non-hydrogen) atoms. The number of carbonyl (C=O) groups is 1. The molecular weight excluding hydrogens is 344 g/mol.